The summed E-state index contributed by atoms with van der Waals surface area (Å²) in [5.74, 6) is 0.647. The molecule has 3 aromatic heterocycles. The highest BCUT2D eigenvalue weighted by Crippen LogP contribution is 2.34. The SMILES string of the molecule is N#CN=C(NC1CCC(=Cc2ccc(Oc3ccc(C(F)(F)F)cn3)s2)CC1)c1cccnc1. The molecule has 0 amide bonds. The largest absolute Gasteiger partial charge is 0.428 e. The predicted octanol–water partition coefficient (Wildman–Crippen LogP) is 6.19. The van der Waals surface area contributed by atoms with Crippen molar-refractivity contribution in [3.63, 3.8) is 0 Å². The average molecular weight is 484 g/mol. The lowest BCUT2D eigenvalue weighted by Crippen LogP contribution is -2.37. The highest BCUT2D eigenvalue weighted by atomic mass is 32.1. The highest BCUT2D eigenvalue weighted by molar-refractivity contribution is 7.14. The Morgan fingerprint density at radius 2 is 2.00 bits per heavy atom. The molecule has 1 aliphatic carbocycles. The van der Waals surface area contributed by atoms with Crippen molar-refractivity contribution in [2.24, 2.45) is 4.99 Å². The zero-order valence-corrected chi connectivity index (χ0v) is 18.7. The van der Waals surface area contributed by atoms with Crippen LogP contribution >= 0.6 is 11.3 Å². The van der Waals surface area contributed by atoms with Crippen LogP contribution in [-0.4, -0.2) is 21.8 Å². The first-order valence-electron chi connectivity index (χ1n) is 10.5. The van der Waals surface area contributed by atoms with Gasteiger partial charge in [0.1, 0.15) is 5.84 Å². The number of nitrogens with zero attached hydrogens (tertiary/aromatic N) is 4. The molecular weight excluding hydrogens is 463 g/mol. The molecule has 3 aromatic rings. The van der Waals surface area contributed by atoms with Gasteiger partial charge in [-0.05, 0) is 62.1 Å². The molecule has 0 spiro atoms. The number of aromatic nitrogens is 2. The van der Waals surface area contributed by atoms with Crippen LogP contribution < -0.4 is 10.1 Å². The van der Waals surface area contributed by atoms with E-state index in [4.69, 9.17) is 10.00 Å². The average Bonchev–Trinajstić information content (AvgIpc) is 3.27. The summed E-state index contributed by atoms with van der Waals surface area (Å²) < 4.78 is 43.6. The molecule has 1 aliphatic rings. The maximum Gasteiger partial charge on any atom is 0.417 e. The first kappa shape index (κ1) is 23.4. The van der Waals surface area contributed by atoms with Crippen LogP contribution in [0.3, 0.4) is 0 Å². The van der Waals surface area contributed by atoms with E-state index >= 15 is 0 Å². The first-order chi connectivity index (χ1) is 16.4. The van der Waals surface area contributed by atoms with Crippen LogP contribution in [0.2, 0.25) is 0 Å². The van der Waals surface area contributed by atoms with Crippen molar-refractivity contribution in [1.82, 2.24) is 15.3 Å². The van der Waals surface area contributed by atoms with E-state index in [1.54, 1.807) is 24.5 Å². The fourth-order valence-electron chi connectivity index (χ4n) is 3.58. The van der Waals surface area contributed by atoms with Gasteiger partial charge in [0.2, 0.25) is 12.1 Å². The summed E-state index contributed by atoms with van der Waals surface area (Å²) in [5.41, 5.74) is 1.27. The number of rotatable bonds is 5. The van der Waals surface area contributed by atoms with Crippen molar-refractivity contribution in [2.75, 3.05) is 0 Å². The molecule has 0 unspecified atom stereocenters. The van der Waals surface area contributed by atoms with E-state index < -0.39 is 11.7 Å². The molecule has 0 radical (unpaired) electrons. The molecule has 34 heavy (non-hydrogen) atoms. The van der Waals surface area contributed by atoms with E-state index in [1.807, 2.05) is 18.3 Å². The van der Waals surface area contributed by atoms with Crippen molar-refractivity contribution >= 4 is 23.2 Å². The molecule has 174 valence electrons. The normalized spacial score (nSPS) is 16.6. The maximum atomic E-state index is 12.7. The van der Waals surface area contributed by atoms with E-state index in [1.165, 1.54) is 23.0 Å². The number of alkyl halides is 3. The molecule has 0 saturated heterocycles. The quantitative estimate of drug-likeness (QED) is 0.266. The number of aliphatic imine (C=N–C) groups is 1. The van der Waals surface area contributed by atoms with Gasteiger partial charge in [0.25, 0.3) is 0 Å². The van der Waals surface area contributed by atoms with Crippen molar-refractivity contribution in [1.29, 1.82) is 5.26 Å². The number of nitrogens with one attached hydrogen (secondary N) is 1. The Bertz CT molecular complexity index is 1200. The van der Waals surface area contributed by atoms with Crippen molar-refractivity contribution in [2.45, 2.75) is 37.9 Å². The monoisotopic (exact) mass is 483 g/mol. The van der Waals surface area contributed by atoms with Crippen molar-refractivity contribution in [3.8, 4) is 17.1 Å². The minimum Gasteiger partial charge on any atom is -0.428 e. The van der Waals surface area contributed by atoms with Gasteiger partial charge in [-0.3, -0.25) is 4.98 Å². The van der Waals surface area contributed by atoms with Gasteiger partial charge in [-0.1, -0.05) is 16.9 Å². The van der Waals surface area contributed by atoms with Gasteiger partial charge in [0.05, 0.1) is 5.56 Å². The third-order valence-corrected chi connectivity index (χ3v) is 6.19. The number of pyridine rings is 2. The fraction of sp³-hybridized carbons (Fsp3) is 0.250. The lowest BCUT2D eigenvalue weighted by Gasteiger charge is -2.26. The Balaban J connectivity index is 1.32. The number of thiophene rings is 1. The first-order valence-corrected chi connectivity index (χ1v) is 11.4. The summed E-state index contributed by atoms with van der Waals surface area (Å²) >= 11 is 1.41. The Morgan fingerprint density at radius 1 is 1.18 bits per heavy atom. The van der Waals surface area contributed by atoms with Gasteiger partial charge in [-0.2, -0.15) is 23.4 Å². The number of nitriles is 1. The van der Waals surface area contributed by atoms with Gasteiger partial charge >= 0.3 is 6.18 Å². The van der Waals surface area contributed by atoms with Gasteiger partial charge in [-0.25, -0.2) is 4.98 Å². The highest BCUT2D eigenvalue weighted by Gasteiger charge is 2.30. The summed E-state index contributed by atoms with van der Waals surface area (Å²) in [7, 11) is 0. The van der Waals surface area contributed by atoms with Gasteiger partial charge in [0.15, 0.2) is 5.06 Å². The molecule has 0 aromatic carbocycles. The zero-order chi connectivity index (χ0) is 24.0. The summed E-state index contributed by atoms with van der Waals surface area (Å²) in [6.07, 6.45) is 7.27. The summed E-state index contributed by atoms with van der Waals surface area (Å²) in [6.45, 7) is 0. The molecule has 3 heterocycles. The van der Waals surface area contributed by atoms with Crippen LogP contribution in [0, 0.1) is 11.5 Å². The van der Waals surface area contributed by atoms with E-state index in [2.05, 4.69) is 26.4 Å². The van der Waals surface area contributed by atoms with E-state index in [0.29, 0.717) is 10.9 Å². The third kappa shape index (κ3) is 6.20. The molecule has 1 N–H and O–H groups in total. The summed E-state index contributed by atoms with van der Waals surface area (Å²) in [5, 5.41) is 12.9. The molecule has 4 rings (SSSR count). The van der Waals surface area contributed by atoms with Crippen LogP contribution in [0.1, 0.15) is 41.7 Å². The smallest absolute Gasteiger partial charge is 0.417 e. The number of hydrogen-bond donors (Lipinski definition) is 1. The van der Waals surface area contributed by atoms with E-state index in [9.17, 15) is 13.2 Å². The summed E-state index contributed by atoms with van der Waals surface area (Å²) in [6, 6.07) is 9.73. The van der Waals surface area contributed by atoms with E-state index in [0.717, 1.165) is 48.4 Å². The number of ether oxygens (including phenoxy) is 1. The Labute approximate surface area is 198 Å². The standard InChI is InChI=1S/C24H20F3N5OS/c25-24(26,27)18-5-9-21(30-14-18)33-22-10-8-20(34-22)12-16-3-6-19(7-4-16)32-23(31-15-28)17-2-1-11-29-13-17/h1-2,5,8-14,19H,3-4,6-7H2,(H,31,32). The number of amidine groups is 1. The van der Waals surface area contributed by atoms with Gasteiger partial charge < -0.3 is 10.1 Å². The fourth-order valence-corrected chi connectivity index (χ4v) is 4.44. The summed E-state index contributed by atoms with van der Waals surface area (Å²) in [4.78, 5) is 12.7. The second-order valence-corrected chi connectivity index (χ2v) is 8.74. The number of allylic oxidation sites excluding steroid dienone is 1. The van der Waals surface area contributed by atoms with Crippen molar-refractivity contribution in [3.05, 3.63) is 76.6 Å². The van der Waals surface area contributed by atoms with Crippen LogP contribution in [0.5, 0.6) is 10.9 Å². The lowest BCUT2D eigenvalue weighted by atomic mass is 9.90. The molecule has 0 aliphatic heterocycles. The van der Waals surface area contributed by atoms with E-state index in [-0.39, 0.29) is 11.9 Å². The zero-order valence-electron chi connectivity index (χ0n) is 17.9. The molecule has 0 atom stereocenters. The second-order valence-electron chi connectivity index (χ2n) is 7.67. The van der Waals surface area contributed by atoms with Crippen LogP contribution in [0.25, 0.3) is 6.08 Å². The topological polar surface area (TPSA) is 83.2 Å². The molecule has 0 bridgehead atoms. The molecular formula is C24H20F3N5OS. The maximum absolute atomic E-state index is 12.7. The van der Waals surface area contributed by atoms with Crippen LogP contribution in [0.4, 0.5) is 13.2 Å². The third-order valence-electron chi connectivity index (χ3n) is 5.28. The second kappa shape index (κ2) is 10.5. The van der Waals surface area contributed by atoms with Crippen LogP contribution in [-0.2, 0) is 6.18 Å². The number of halogens is 3. The molecule has 6 nitrogen and oxygen atoms in total. The van der Waals surface area contributed by atoms with Crippen molar-refractivity contribution < 1.29 is 17.9 Å². The van der Waals surface area contributed by atoms with Crippen LogP contribution in [0.15, 0.2) is 65.6 Å². The predicted molar refractivity (Wildman–Crippen MR) is 123 cm³/mol. The number of hydrogen-bond acceptors (Lipinski definition) is 6. The lowest BCUT2D eigenvalue weighted by molar-refractivity contribution is -0.137. The minimum atomic E-state index is -4.43. The Hall–Kier alpha value is -3.71. The Morgan fingerprint density at radius 3 is 2.65 bits per heavy atom. The Kier molecular flexibility index (Phi) is 7.23. The van der Waals surface area contributed by atoms with Gasteiger partial charge in [0, 0.05) is 41.1 Å². The van der Waals surface area contributed by atoms with Gasteiger partial charge in [-0.15, -0.1) is 0 Å². The minimum absolute atomic E-state index is 0.115. The molecule has 1 saturated carbocycles. The molecule has 10 heteroatoms. The molecule has 1 fully saturated rings.